The average Bonchev–Trinajstić information content (AvgIpc) is 3.12. The van der Waals surface area contributed by atoms with E-state index in [-0.39, 0.29) is 12.5 Å². The van der Waals surface area contributed by atoms with Crippen LogP contribution in [-0.2, 0) is 11.2 Å². The monoisotopic (exact) mass is 365 g/mol. The van der Waals surface area contributed by atoms with Gasteiger partial charge in [0.1, 0.15) is 11.6 Å². The lowest BCUT2D eigenvalue weighted by molar-refractivity contribution is -0.123. The Balaban J connectivity index is 1.41. The number of nitrogens with zero attached hydrogens (tertiary/aromatic N) is 1. The van der Waals surface area contributed by atoms with Crippen LogP contribution < -0.4 is 10.1 Å². The first-order valence-electron chi connectivity index (χ1n) is 9.59. The second kappa shape index (κ2) is 9.21. The number of amides is 1. The number of fused-ring (bicyclic) bond motifs is 1. The Morgan fingerprint density at radius 3 is 2.78 bits per heavy atom. The molecule has 0 saturated carbocycles. The third kappa shape index (κ3) is 5.09. The molecule has 0 radical (unpaired) electrons. The second-order valence-electron chi connectivity index (χ2n) is 6.79. The lowest BCUT2D eigenvalue weighted by Crippen LogP contribution is -2.30. The van der Waals surface area contributed by atoms with Crippen molar-refractivity contribution in [3.05, 3.63) is 59.9 Å². The Hall–Kier alpha value is -2.82. The predicted molar refractivity (Wildman–Crippen MR) is 108 cm³/mol. The Labute approximate surface area is 160 Å². The van der Waals surface area contributed by atoms with Gasteiger partial charge in [-0.3, -0.25) is 4.79 Å². The van der Waals surface area contributed by atoms with E-state index in [0.717, 1.165) is 47.4 Å². The van der Waals surface area contributed by atoms with Crippen LogP contribution in [0.1, 0.15) is 44.0 Å². The molecule has 1 heterocycles. The van der Waals surface area contributed by atoms with E-state index in [1.807, 2.05) is 42.5 Å². The number of carbonyl (C=O) groups is 1. The highest BCUT2D eigenvalue weighted by atomic mass is 16.5. The largest absolute Gasteiger partial charge is 0.483 e. The van der Waals surface area contributed by atoms with Crippen LogP contribution in [0.2, 0.25) is 0 Å². The normalized spacial score (nSPS) is 12.1. The van der Waals surface area contributed by atoms with Crippen molar-refractivity contribution in [2.24, 2.45) is 0 Å². The van der Waals surface area contributed by atoms with Gasteiger partial charge in [-0.25, -0.2) is 4.98 Å². The van der Waals surface area contributed by atoms with Crippen molar-refractivity contribution in [2.75, 3.05) is 13.2 Å². The zero-order valence-electron chi connectivity index (χ0n) is 16.0. The molecule has 1 atom stereocenters. The van der Waals surface area contributed by atoms with Gasteiger partial charge in [-0.15, -0.1) is 0 Å². The first-order valence-corrected chi connectivity index (χ1v) is 9.59. The maximum Gasteiger partial charge on any atom is 0.257 e. The quantitative estimate of drug-likeness (QED) is 0.558. The maximum absolute atomic E-state index is 12.1. The molecule has 5 nitrogen and oxygen atoms in total. The third-order valence-corrected chi connectivity index (χ3v) is 4.77. The molecule has 0 bridgehead atoms. The summed E-state index contributed by atoms with van der Waals surface area (Å²) in [7, 11) is 0. The highest BCUT2D eigenvalue weighted by molar-refractivity contribution is 5.77. The number of hydrogen-bond acceptors (Lipinski definition) is 3. The summed E-state index contributed by atoms with van der Waals surface area (Å²) in [6, 6.07) is 15.9. The number of carbonyl (C=O) groups excluding carboxylic acids is 1. The number of ether oxygens (including phenoxy) is 1. The molecule has 0 spiro atoms. The van der Waals surface area contributed by atoms with Gasteiger partial charge in [0.15, 0.2) is 6.61 Å². The standard InChI is InChI=1S/C22H27N3O2/c1-3-16(2)17-9-4-7-12-20(17)27-15-22(26)23-14-8-13-21-24-18-10-5-6-11-19(18)25-21/h4-7,9-12,16H,3,8,13-15H2,1-2H3,(H,23,26)(H,24,25). The summed E-state index contributed by atoms with van der Waals surface area (Å²) in [5.41, 5.74) is 3.17. The number of aryl methyl sites for hydroxylation is 1. The number of nitrogens with one attached hydrogen (secondary N) is 2. The van der Waals surface area contributed by atoms with Gasteiger partial charge in [-0.1, -0.05) is 44.2 Å². The zero-order chi connectivity index (χ0) is 19.1. The van der Waals surface area contributed by atoms with Crippen LogP contribution in [-0.4, -0.2) is 29.0 Å². The van der Waals surface area contributed by atoms with E-state index in [9.17, 15) is 4.79 Å². The smallest absolute Gasteiger partial charge is 0.257 e. The van der Waals surface area contributed by atoms with Crippen molar-refractivity contribution >= 4 is 16.9 Å². The molecule has 0 aliphatic carbocycles. The van der Waals surface area contributed by atoms with Gasteiger partial charge in [0.2, 0.25) is 0 Å². The molecule has 0 aliphatic heterocycles. The first kappa shape index (κ1) is 19.0. The molecule has 5 heteroatoms. The summed E-state index contributed by atoms with van der Waals surface area (Å²) < 4.78 is 5.75. The number of aromatic nitrogens is 2. The molecule has 0 aliphatic rings. The molecule has 1 unspecified atom stereocenters. The number of para-hydroxylation sites is 3. The van der Waals surface area contributed by atoms with Crippen molar-refractivity contribution in [2.45, 2.75) is 39.0 Å². The van der Waals surface area contributed by atoms with Crippen LogP contribution in [0.15, 0.2) is 48.5 Å². The van der Waals surface area contributed by atoms with Gasteiger partial charge in [-0.05, 0) is 42.5 Å². The van der Waals surface area contributed by atoms with Crippen LogP contribution in [0.3, 0.4) is 0 Å². The Morgan fingerprint density at radius 1 is 1.19 bits per heavy atom. The van der Waals surface area contributed by atoms with Crippen molar-refractivity contribution in [3.63, 3.8) is 0 Å². The number of imidazole rings is 1. The molecule has 27 heavy (non-hydrogen) atoms. The molecule has 2 aromatic carbocycles. The fourth-order valence-electron chi connectivity index (χ4n) is 3.04. The number of benzene rings is 2. The first-order chi connectivity index (χ1) is 13.2. The highest BCUT2D eigenvalue weighted by Crippen LogP contribution is 2.28. The summed E-state index contributed by atoms with van der Waals surface area (Å²) in [5, 5.41) is 2.91. The minimum atomic E-state index is -0.0986. The summed E-state index contributed by atoms with van der Waals surface area (Å²) >= 11 is 0. The van der Waals surface area contributed by atoms with Gasteiger partial charge >= 0.3 is 0 Å². The van der Waals surface area contributed by atoms with E-state index >= 15 is 0 Å². The Bertz CT molecular complexity index is 855. The number of aromatic amines is 1. The minimum Gasteiger partial charge on any atom is -0.483 e. The van der Waals surface area contributed by atoms with Crippen molar-refractivity contribution in [3.8, 4) is 5.75 Å². The van der Waals surface area contributed by atoms with Gasteiger partial charge in [0, 0.05) is 13.0 Å². The fourth-order valence-corrected chi connectivity index (χ4v) is 3.04. The SMILES string of the molecule is CCC(C)c1ccccc1OCC(=O)NCCCc1nc2ccccc2[nH]1. The molecule has 142 valence electrons. The molecule has 0 saturated heterocycles. The van der Waals surface area contributed by atoms with Gasteiger partial charge in [0.25, 0.3) is 5.91 Å². The lowest BCUT2D eigenvalue weighted by Gasteiger charge is -2.15. The van der Waals surface area contributed by atoms with E-state index in [1.165, 1.54) is 0 Å². The molecule has 3 rings (SSSR count). The topological polar surface area (TPSA) is 67.0 Å². The number of hydrogen-bond donors (Lipinski definition) is 2. The van der Waals surface area contributed by atoms with Crippen LogP contribution >= 0.6 is 0 Å². The van der Waals surface area contributed by atoms with Crippen LogP contribution in [0, 0.1) is 0 Å². The van der Waals surface area contributed by atoms with Gasteiger partial charge in [-0.2, -0.15) is 0 Å². The van der Waals surface area contributed by atoms with Crippen LogP contribution in [0.25, 0.3) is 11.0 Å². The predicted octanol–water partition coefficient (Wildman–Crippen LogP) is 4.20. The van der Waals surface area contributed by atoms with Crippen LogP contribution in [0.5, 0.6) is 5.75 Å². The maximum atomic E-state index is 12.1. The Morgan fingerprint density at radius 2 is 1.96 bits per heavy atom. The summed E-state index contributed by atoms with van der Waals surface area (Å²) in [6.07, 6.45) is 2.66. The summed E-state index contributed by atoms with van der Waals surface area (Å²) in [5.74, 6) is 2.06. The molecule has 3 aromatic rings. The third-order valence-electron chi connectivity index (χ3n) is 4.77. The summed E-state index contributed by atoms with van der Waals surface area (Å²) in [6.45, 7) is 4.96. The lowest BCUT2D eigenvalue weighted by atomic mass is 9.98. The highest BCUT2D eigenvalue weighted by Gasteiger charge is 2.11. The average molecular weight is 365 g/mol. The van der Waals surface area contributed by atoms with Crippen LogP contribution in [0.4, 0.5) is 0 Å². The molecular weight excluding hydrogens is 338 g/mol. The molecule has 1 amide bonds. The van der Waals surface area contributed by atoms with E-state index in [1.54, 1.807) is 0 Å². The van der Waals surface area contributed by atoms with E-state index in [0.29, 0.717) is 12.5 Å². The molecular formula is C22H27N3O2. The van der Waals surface area contributed by atoms with Crippen molar-refractivity contribution in [1.29, 1.82) is 0 Å². The number of rotatable bonds is 9. The molecule has 0 fully saturated rings. The van der Waals surface area contributed by atoms with Crippen molar-refractivity contribution in [1.82, 2.24) is 15.3 Å². The van der Waals surface area contributed by atoms with E-state index in [4.69, 9.17) is 4.74 Å². The van der Waals surface area contributed by atoms with Gasteiger partial charge < -0.3 is 15.0 Å². The fraction of sp³-hybridized carbons (Fsp3) is 0.364. The van der Waals surface area contributed by atoms with Gasteiger partial charge in [0.05, 0.1) is 11.0 Å². The zero-order valence-corrected chi connectivity index (χ0v) is 16.0. The van der Waals surface area contributed by atoms with E-state index in [2.05, 4.69) is 35.2 Å². The van der Waals surface area contributed by atoms with Crippen molar-refractivity contribution < 1.29 is 9.53 Å². The number of H-pyrrole nitrogens is 1. The molecule has 1 aromatic heterocycles. The minimum absolute atomic E-state index is 0.0398. The second-order valence-corrected chi connectivity index (χ2v) is 6.79. The molecule has 2 N–H and O–H groups in total. The van der Waals surface area contributed by atoms with E-state index < -0.39 is 0 Å². The summed E-state index contributed by atoms with van der Waals surface area (Å²) in [4.78, 5) is 19.9. The Kier molecular flexibility index (Phi) is 6.47.